The largest absolute Gasteiger partial charge is 0.501 e. The highest BCUT2D eigenvalue weighted by Crippen LogP contribution is 2.29. The molecule has 0 heterocycles. The van der Waals surface area contributed by atoms with Crippen LogP contribution in [0.1, 0.15) is 0 Å². The molecule has 4 nitrogen and oxygen atoms in total. The van der Waals surface area contributed by atoms with E-state index < -0.39 is 11.2 Å². The van der Waals surface area contributed by atoms with E-state index in [4.69, 9.17) is 9.47 Å². The van der Waals surface area contributed by atoms with Crippen molar-refractivity contribution >= 4 is 0 Å². The van der Waals surface area contributed by atoms with Gasteiger partial charge in [0, 0.05) is 0 Å². The van der Waals surface area contributed by atoms with Crippen molar-refractivity contribution in [3.8, 4) is 28.7 Å². The molecule has 0 spiro atoms. The molecule has 0 aliphatic rings. The van der Waals surface area contributed by atoms with Gasteiger partial charge in [-0.25, -0.2) is 0 Å². The van der Waals surface area contributed by atoms with Crippen molar-refractivity contribution in [1.82, 2.24) is 0 Å². The average Bonchev–Trinajstić information content (AvgIpc) is 2.71. The van der Waals surface area contributed by atoms with E-state index in [0.717, 1.165) is 0 Å². The lowest BCUT2D eigenvalue weighted by Gasteiger charge is -2.05. The average molecular weight is 306 g/mol. The van der Waals surface area contributed by atoms with Crippen LogP contribution in [0, 0.1) is 0 Å². The van der Waals surface area contributed by atoms with Crippen LogP contribution in [0.5, 0.6) is 28.7 Å². The van der Waals surface area contributed by atoms with Gasteiger partial charge in [-0.2, -0.15) is 0 Å². The molecule has 3 aromatic carbocycles. The molecule has 114 valence electrons. The SMILES string of the molecule is O=c1c(Oc2ccccc2)cccc(Oc2ccccc2)c1O. The van der Waals surface area contributed by atoms with E-state index in [2.05, 4.69) is 0 Å². The van der Waals surface area contributed by atoms with Crippen molar-refractivity contribution < 1.29 is 14.6 Å². The van der Waals surface area contributed by atoms with Gasteiger partial charge in [0.05, 0.1) is 0 Å². The molecule has 3 rings (SSSR count). The summed E-state index contributed by atoms with van der Waals surface area (Å²) in [7, 11) is 0. The Morgan fingerprint density at radius 1 is 0.609 bits per heavy atom. The monoisotopic (exact) mass is 306 g/mol. The first kappa shape index (κ1) is 14.7. The quantitative estimate of drug-likeness (QED) is 0.779. The molecule has 0 bridgehead atoms. The zero-order valence-corrected chi connectivity index (χ0v) is 12.2. The zero-order chi connectivity index (χ0) is 16.1. The molecular formula is C19H14O4. The van der Waals surface area contributed by atoms with Crippen molar-refractivity contribution in [3.63, 3.8) is 0 Å². The van der Waals surface area contributed by atoms with Crippen molar-refractivity contribution in [1.29, 1.82) is 0 Å². The van der Waals surface area contributed by atoms with Gasteiger partial charge >= 0.3 is 0 Å². The van der Waals surface area contributed by atoms with Crippen LogP contribution in [0.15, 0.2) is 83.7 Å². The van der Waals surface area contributed by atoms with Gasteiger partial charge in [-0.15, -0.1) is 0 Å². The molecule has 0 atom stereocenters. The Labute approximate surface area is 133 Å². The summed E-state index contributed by atoms with van der Waals surface area (Å²) in [5.41, 5.74) is -0.634. The van der Waals surface area contributed by atoms with E-state index in [1.54, 1.807) is 54.6 Å². The summed E-state index contributed by atoms with van der Waals surface area (Å²) in [5, 5.41) is 10.2. The molecule has 0 unspecified atom stereocenters. The fourth-order valence-electron chi connectivity index (χ4n) is 2.00. The zero-order valence-electron chi connectivity index (χ0n) is 12.2. The summed E-state index contributed by atoms with van der Waals surface area (Å²) in [4.78, 5) is 12.3. The van der Waals surface area contributed by atoms with Crippen LogP contribution < -0.4 is 14.9 Å². The Morgan fingerprint density at radius 2 is 1.09 bits per heavy atom. The van der Waals surface area contributed by atoms with Gasteiger partial charge in [-0.1, -0.05) is 42.5 Å². The number of hydrogen-bond acceptors (Lipinski definition) is 4. The van der Waals surface area contributed by atoms with Gasteiger partial charge < -0.3 is 14.6 Å². The van der Waals surface area contributed by atoms with Crippen molar-refractivity contribution in [2.24, 2.45) is 0 Å². The number of hydrogen-bond donors (Lipinski definition) is 1. The molecule has 0 radical (unpaired) electrons. The Bertz CT molecular complexity index is 846. The fraction of sp³-hybridized carbons (Fsp3) is 0. The van der Waals surface area contributed by atoms with Crippen molar-refractivity contribution in [2.75, 3.05) is 0 Å². The first-order chi connectivity index (χ1) is 11.2. The van der Waals surface area contributed by atoms with Crippen LogP contribution in [-0.4, -0.2) is 5.11 Å². The molecule has 0 aromatic heterocycles. The van der Waals surface area contributed by atoms with Crippen LogP contribution >= 0.6 is 0 Å². The number of aromatic hydroxyl groups is 1. The summed E-state index contributed by atoms with van der Waals surface area (Å²) in [6.45, 7) is 0. The van der Waals surface area contributed by atoms with E-state index >= 15 is 0 Å². The van der Waals surface area contributed by atoms with Gasteiger partial charge in [0.25, 0.3) is 5.43 Å². The molecule has 0 saturated carbocycles. The molecule has 3 aromatic rings. The van der Waals surface area contributed by atoms with Gasteiger partial charge in [0.2, 0.25) is 5.75 Å². The lowest BCUT2D eigenvalue weighted by atomic mass is 10.3. The predicted octanol–water partition coefficient (Wildman–Crippen LogP) is 4.34. The Kier molecular flexibility index (Phi) is 4.25. The molecule has 0 aliphatic carbocycles. The maximum absolute atomic E-state index is 12.3. The van der Waals surface area contributed by atoms with E-state index in [1.165, 1.54) is 12.1 Å². The third-order valence-electron chi connectivity index (χ3n) is 3.11. The normalized spacial score (nSPS) is 10.1. The summed E-state index contributed by atoms with van der Waals surface area (Å²) in [6.07, 6.45) is 0. The first-order valence-electron chi connectivity index (χ1n) is 7.06. The lowest BCUT2D eigenvalue weighted by Crippen LogP contribution is -2.02. The van der Waals surface area contributed by atoms with Crippen LogP contribution in [0.4, 0.5) is 0 Å². The fourth-order valence-corrected chi connectivity index (χ4v) is 2.00. The van der Waals surface area contributed by atoms with Crippen molar-refractivity contribution in [3.05, 3.63) is 89.1 Å². The van der Waals surface area contributed by atoms with Gasteiger partial charge in [0.15, 0.2) is 11.5 Å². The van der Waals surface area contributed by atoms with Gasteiger partial charge in [-0.05, 0) is 36.4 Å². The molecule has 1 N–H and O–H groups in total. The third kappa shape index (κ3) is 3.49. The third-order valence-corrected chi connectivity index (χ3v) is 3.11. The maximum Gasteiger partial charge on any atom is 0.266 e. The second kappa shape index (κ2) is 6.66. The topological polar surface area (TPSA) is 55.8 Å². The second-order valence-electron chi connectivity index (χ2n) is 4.76. The minimum absolute atomic E-state index is 0.0246. The van der Waals surface area contributed by atoms with E-state index in [-0.39, 0.29) is 11.5 Å². The molecule has 4 heteroatoms. The maximum atomic E-state index is 12.3. The van der Waals surface area contributed by atoms with Crippen LogP contribution in [-0.2, 0) is 0 Å². The standard InChI is InChI=1S/C19H14O4/c20-18-16(22-14-8-3-1-4-9-14)12-7-13-17(19(18)21)23-15-10-5-2-6-11-15/h1-13H,(H,20,21). The Balaban J connectivity index is 1.95. The molecular weight excluding hydrogens is 292 g/mol. The summed E-state index contributed by atoms with van der Waals surface area (Å²) in [5.74, 6) is 0.644. The van der Waals surface area contributed by atoms with E-state index in [0.29, 0.717) is 11.5 Å². The summed E-state index contributed by atoms with van der Waals surface area (Å²) in [6, 6.07) is 22.4. The van der Waals surface area contributed by atoms with Crippen molar-refractivity contribution in [2.45, 2.75) is 0 Å². The highest BCUT2D eigenvalue weighted by Gasteiger charge is 2.11. The minimum Gasteiger partial charge on any atom is -0.501 e. The van der Waals surface area contributed by atoms with E-state index in [1.807, 2.05) is 12.1 Å². The number of rotatable bonds is 4. The molecule has 0 fully saturated rings. The molecule has 0 saturated heterocycles. The molecule has 0 aliphatic heterocycles. The van der Waals surface area contributed by atoms with Crippen LogP contribution in [0.25, 0.3) is 0 Å². The second-order valence-corrected chi connectivity index (χ2v) is 4.76. The smallest absolute Gasteiger partial charge is 0.266 e. The summed E-state index contributed by atoms with van der Waals surface area (Å²) < 4.78 is 11.1. The number of ether oxygens (including phenoxy) is 2. The minimum atomic E-state index is -0.634. The predicted molar refractivity (Wildman–Crippen MR) is 87.4 cm³/mol. The first-order valence-corrected chi connectivity index (χ1v) is 7.06. The summed E-state index contributed by atoms with van der Waals surface area (Å²) >= 11 is 0. The van der Waals surface area contributed by atoms with Gasteiger partial charge in [0.1, 0.15) is 11.5 Å². The number of para-hydroxylation sites is 2. The molecule has 23 heavy (non-hydrogen) atoms. The highest BCUT2D eigenvalue weighted by molar-refractivity contribution is 5.45. The number of benzene rings is 2. The van der Waals surface area contributed by atoms with Crippen LogP contribution in [0.2, 0.25) is 0 Å². The Hall–Kier alpha value is -3.27. The Morgan fingerprint density at radius 3 is 1.65 bits per heavy atom. The highest BCUT2D eigenvalue weighted by atomic mass is 16.5. The van der Waals surface area contributed by atoms with E-state index in [9.17, 15) is 9.90 Å². The molecule has 0 amide bonds. The lowest BCUT2D eigenvalue weighted by molar-refractivity contribution is 0.404. The van der Waals surface area contributed by atoms with Gasteiger partial charge in [-0.3, -0.25) is 4.79 Å². The van der Waals surface area contributed by atoms with Crippen LogP contribution in [0.3, 0.4) is 0 Å².